The summed E-state index contributed by atoms with van der Waals surface area (Å²) < 4.78 is 16.7. The molecule has 0 radical (unpaired) electrons. The van der Waals surface area contributed by atoms with Crippen LogP contribution in [0.15, 0.2) is 66.2 Å². The first-order valence-electron chi connectivity index (χ1n) is 10.3. The molecule has 0 heterocycles. The van der Waals surface area contributed by atoms with Crippen molar-refractivity contribution in [3.63, 3.8) is 0 Å². The van der Waals surface area contributed by atoms with Gasteiger partial charge in [0.15, 0.2) is 11.5 Å². The smallest absolute Gasteiger partial charge is 0.266 e. The molecule has 0 aromatic heterocycles. The summed E-state index contributed by atoms with van der Waals surface area (Å²) in [5.74, 6) is 1.15. The van der Waals surface area contributed by atoms with Gasteiger partial charge in [-0.1, -0.05) is 35.3 Å². The molecule has 3 aromatic rings. The normalized spacial score (nSPS) is 10.9. The number of ether oxygens (including phenoxy) is 3. The first-order chi connectivity index (χ1) is 16.4. The minimum atomic E-state index is -0.523. The van der Waals surface area contributed by atoms with Crippen LogP contribution in [-0.2, 0) is 11.4 Å². The quantitative estimate of drug-likeness (QED) is 0.269. The van der Waals surface area contributed by atoms with Gasteiger partial charge in [-0.25, -0.2) is 0 Å². The molecule has 174 valence electrons. The molecule has 6 nitrogen and oxygen atoms in total. The van der Waals surface area contributed by atoms with Gasteiger partial charge >= 0.3 is 0 Å². The molecular formula is C26H22Cl2N2O4. The number of nitriles is 1. The number of nitrogens with zero attached hydrogens (tertiary/aromatic N) is 1. The van der Waals surface area contributed by atoms with E-state index < -0.39 is 5.91 Å². The van der Waals surface area contributed by atoms with Crippen molar-refractivity contribution >= 4 is 40.9 Å². The van der Waals surface area contributed by atoms with Crippen LogP contribution in [0.25, 0.3) is 6.08 Å². The lowest BCUT2D eigenvalue weighted by atomic mass is 10.1. The lowest BCUT2D eigenvalue weighted by Crippen LogP contribution is -2.13. The van der Waals surface area contributed by atoms with E-state index in [-0.39, 0.29) is 12.2 Å². The number of amides is 1. The Balaban J connectivity index is 1.76. The molecule has 0 aliphatic heterocycles. The van der Waals surface area contributed by atoms with E-state index >= 15 is 0 Å². The fourth-order valence-electron chi connectivity index (χ4n) is 2.98. The minimum absolute atomic E-state index is 0.0530. The number of hydrogen-bond donors (Lipinski definition) is 1. The maximum atomic E-state index is 12.6. The maximum Gasteiger partial charge on any atom is 0.266 e. The summed E-state index contributed by atoms with van der Waals surface area (Å²) in [6.45, 7) is 2.54. The molecular weight excluding hydrogens is 475 g/mol. The van der Waals surface area contributed by atoms with E-state index in [0.29, 0.717) is 45.2 Å². The van der Waals surface area contributed by atoms with Crippen LogP contribution in [0.1, 0.15) is 18.1 Å². The SMILES string of the molecule is CCOc1cc(C=C(C#N)C(=O)Nc2ccc(OC)cc2)ccc1OCc1ccc(Cl)c(Cl)c1. The van der Waals surface area contributed by atoms with Gasteiger partial charge in [-0.05, 0) is 72.7 Å². The monoisotopic (exact) mass is 496 g/mol. The summed E-state index contributed by atoms with van der Waals surface area (Å²) in [5.41, 5.74) is 1.96. The van der Waals surface area contributed by atoms with E-state index in [2.05, 4.69) is 5.32 Å². The van der Waals surface area contributed by atoms with Gasteiger partial charge in [-0.3, -0.25) is 4.79 Å². The molecule has 0 bridgehead atoms. The van der Waals surface area contributed by atoms with Crippen LogP contribution in [0.4, 0.5) is 5.69 Å². The summed E-state index contributed by atoms with van der Waals surface area (Å²) in [6, 6.07) is 19.2. The van der Waals surface area contributed by atoms with E-state index in [1.54, 1.807) is 61.7 Å². The van der Waals surface area contributed by atoms with E-state index in [4.69, 9.17) is 37.4 Å². The first-order valence-corrected chi connectivity index (χ1v) is 11.1. The zero-order chi connectivity index (χ0) is 24.5. The third kappa shape index (κ3) is 6.67. The third-order valence-corrected chi connectivity index (χ3v) is 5.41. The number of benzene rings is 3. The Morgan fingerprint density at radius 3 is 2.41 bits per heavy atom. The Labute approximate surface area is 208 Å². The number of carbonyl (C=O) groups is 1. The summed E-state index contributed by atoms with van der Waals surface area (Å²) in [5, 5.41) is 13.1. The highest BCUT2D eigenvalue weighted by Crippen LogP contribution is 2.31. The van der Waals surface area contributed by atoms with Crippen molar-refractivity contribution in [2.75, 3.05) is 19.0 Å². The van der Waals surface area contributed by atoms with Gasteiger partial charge in [-0.15, -0.1) is 0 Å². The average Bonchev–Trinajstić information content (AvgIpc) is 2.84. The maximum absolute atomic E-state index is 12.6. The van der Waals surface area contributed by atoms with Crippen LogP contribution < -0.4 is 19.5 Å². The van der Waals surface area contributed by atoms with Crippen molar-refractivity contribution in [1.29, 1.82) is 5.26 Å². The molecule has 0 aliphatic rings. The van der Waals surface area contributed by atoms with Gasteiger partial charge in [-0.2, -0.15) is 5.26 Å². The molecule has 8 heteroatoms. The molecule has 3 rings (SSSR count). The topological polar surface area (TPSA) is 80.6 Å². The lowest BCUT2D eigenvalue weighted by Gasteiger charge is -2.13. The second kappa shape index (κ2) is 12.0. The average molecular weight is 497 g/mol. The first kappa shape index (κ1) is 25.0. The van der Waals surface area contributed by atoms with Crippen LogP contribution in [0.2, 0.25) is 10.0 Å². The van der Waals surface area contributed by atoms with Gasteiger partial charge < -0.3 is 19.5 Å². The number of rotatable bonds is 9. The standard InChI is InChI=1S/C26H22Cl2N2O4/c1-3-33-25-14-17(5-11-24(25)34-16-18-4-10-22(27)23(28)13-18)12-19(15-29)26(31)30-20-6-8-21(32-2)9-7-20/h4-14H,3,16H2,1-2H3,(H,30,31). The van der Waals surface area contributed by atoms with E-state index in [0.717, 1.165) is 5.56 Å². The van der Waals surface area contributed by atoms with E-state index in [9.17, 15) is 10.1 Å². The minimum Gasteiger partial charge on any atom is -0.497 e. The highest BCUT2D eigenvalue weighted by Gasteiger charge is 2.12. The highest BCUT2D eigenvalue weighted by atomic mass is 35.5. The zero-order valence-corrected chi connectivity index (χ0v) is 20.1. The predicted octanol–water partition coefficient (Wildman–Crippen LogP) is 6.53. The van der Waals surface area contributed by atoms with Crippen LogP contribution in [-0.4, -0.2) is 19.6 Å². The molecule has 0 saturated carbocycles. The Hall–Kier alpha value is -3.66. The molecule has 0 saturated heterocycles. The molecule has 0 spiro atoms. The number of hydrogen-bond acceptors (Lipinski definition) is 5. The highest BCUT2D eigenvalue weighted by molar-refractivity contribution is 6.42. The second-order valence-corrected chi connectivity index (χ2v) is 7.84. The largest absolute Gasteiger partial charge is 0.497 e. The summed E-state index contributed by atoms with van der Waals surface area (Å²) >= 11 is 12.0. The Morgan fingerprint density at radius 1 is 1.00 bits per heavy atom. The second-order valence-electron chi connectivity index (χ2n) is 7.03. The van der Waals surface area contributed by atoms with Gasteiger partial charge in [0.05, 0.1) is 23.8 Å². The molecule has 0 aliphatic carbocycles. The van der Waals surface area contributed by atoms with Gasteiger partial charge in [0.25, 0.3) is 5.91 Å². The molecule has 1 amide bonds. The fourth-order valence-corrected chi connectivity index (χ4v) is 3.30. The summed E-state index contributed by atoms with van der Waals surface area (Å²) in [6.07, 6.45) is 1.49. The van der Waals surface area contributed by atoms with Crippen molar-refractivity contribution in [3.05, 3.63) is 87.4 Å². The van der Waals surface area contributed by atoms with Crippen molar-refractivity contribution in [1.82, 2.24) is 0 Å². The fraction of sp³-hybridized carbons (Fsp3) is 0.154. The van der Waals surface area contributed by atoms with Crippen LogP contribution in [0, 0.1) is 11.3 Å². The Morgan fingerprint density at radius 2 is 1.76 bits per heavy atom. The van der Waals surface area contributed by atoms with Crippen molar-refractivity contribution in [2.45, 2.75) is 13.5 Å². The molecule has 0 atom stereocenters. The molecule has 34 heavy (non-hydrogen) atoms. The van der Waals surface area contributed by atoms with E-state index in [1.165, 1.54) is 6.08 Å². The number of anilines is 1. The Bertz CT molecular complexity index is 1230. The van der Waals surface area contributed by atoms with Crippen LogP contribution in [0.5, 0.6) is 17.2 Å². The number of halogens is 2. The van der Waals surface area contributed by atoms with Gasteiger partial charge in [0, 0.05) is 5.69 Å². The molecule has 1 N–H and O–H groups in total. The van der Waals surface area contributed by atoms with Gasteiger partial charge in [0.1, 0.15) is 24.0 Å². The van der Waals surface area contributed by atoms with Gasteiger partial charge in [0.2, 0.25) is 0 Å². The van der Waals surface area contributed by atoms with Crippen molar-refractivity contribution in [2.24, 2.45) is 0 Å². The zero-order valence-electron chi connectivity index (χ0n) is 18.6. The number of nitrogens with one attached hydrogen (secondary N) is 1. The van der Waals surface area contributed by atoms with E-state index in [1.807, 2.05) is 19.1 Å². The van der Waals surface area contributed by atoms with Crippen molar-refractivity contribution < 1.29 is 19.0 Å². The number of methoxy groups -OCH3 is 1. The predicted molar refractivity (Wildman–Crippen MR) is 134 cm³/mol. The van der Waals surface area contributed by atoms with Crippen molar-refractivity contribution in [3.8, 4) is 23.3 Å². The lowest BCUT2D eigenvalue weighted by molar-refractivity contribution is -0.112. The van der Waals surface area contributed by atoms with Crippen LogP contribution >= 0.6 is 23.2 Å². The summed E-state index contributed by atoms with van der Waals surface area (Å²) in [7, 11) is 1.56. The Kier molecular flexibility index (Phi) is 8.80. The summed E-state index contributed by atoms with van der Waals surface area (Å²) in [4.78, 5) is 12.6. The molecule has 0 unspecified atom stereocenters. The molecule has 3 aromatic carbocycles. The third-order valence-electron chi connectivity index (χ3n) is 4.67. The molecule has 0 fully saturated rings. The van der Waals surface area contributed by atoms with Crippen LogP contribution in [0.3, 0.4) is 0 Å². The number of carbonyl (C=O) groups excluding carboxylic acids is 1.